The lowest BCUT2D eigenvalue weighted by atomic mass is 10.2. The third kappa shape index (κ3) is 4.98. The highest BCUT2D eigenvalue weighted by atomic mass is 16.5. The van der Waals surface area contributed by atoms with Gasteiger partial charge in [0.2, 0.25) is 0 Å². The number of pyridine rings is 1. The van der Waals surface area contributed by atoms with Crippen LogP contribution >= 0.6 is 0 Å². The minimum Gasteiger partial charge on any atom is -0.493 e. The molecule has 5 rings (SSSR count). The SMILES string of the molecule is COc1cc2ncnc(Nc3cccc(NC(=O)c4ccnc(N5CCOCC5)c4)c3)c2cc1OC. The Morgan fingerprint density at radius 2 is 1.72 bits per heavy atom. The summed E-state index contributed by atoms with van der Waals surface area (Å²) in [6.45, 7) is 2.81. The number of carbonyl (C=O) groups excluding carboxylic acids is 1. The van der Waals surface area contributed by atoms with Crippen molar-refractivity contribution in [2.75, 3.05) is 56.1 Å². The smallest absolute Gasteiger partial charge is 0.255 e. The van der Waals surface area contributed by atoms with E-state index < -0.39 is 0 Å². The van der Waals surface area contributed by atoms with Crippen molar-refractivity contribution in [3.63, 3.8) is 0 Å². The van der Waals surface area contributed by atoms with Crippen molar-refractivity contribution in [3.05, 3.63) is 66.6 Å². The molecule has 0 atom stereocenters. The van der Waals surface area contributed by atoms with Gasteiger partial charge in [-0.2, -0.15) is 0 Å². The quantitative estimate of drug-likeness (QED) is 0.402. The number of anilines is 4. The summed E-state index contributed by atoms with van der Waals surface area (Å²) in [5.41, 5.74) is 2.65. The maximum absolute atomic E-state index is 13.0. The van der Waals surface area contributed by atoms with Crippen LogP contribution in [0.25, 0.3) is 10.9 Å². The van der Waals surface area contributed by atoms with Crippen LogP contribution in [0.3, 0.4) is 0 Å². The fraction of sp³-hybridized carbons (Fsp3) is 0.231. The lowest BCUT2D eigenvalue weighted by Gasteiger charge is -2.27. The van der Waals surface area contributed by atoms with E-state index in [-0.39, 0.29) is 5.91 Å². The van der Waals surface area contributed by atoms with Crippen molar-refractivity contribution in [2.45, 2.75) is 0 Å². The molecular weight excluding hydrogens is 460 g/mol. The lowest BCUT2D eigenvalue weighted by Crippen LogP contribution is -2.36. The van der Waals surface area contributed by atoms with Gasteiger partial charge in [0.15, 0.2) is 11.5 Å². The molecule has 2 aromatic carbocycles. The number of rotatable bonds is 7. The number of benzene rings is 2. The number of amides is 1. The summed E-state index contributed by atoms with van der Waals surface area (Å²) in [4.78, 5) is 28.2. The number of fused-ring (bicyclic) bond motifs is 1. The van der Waals surface area contributed by atoms with E-state index in [1.165, 1.54) is 6.33 Å². The van der Waals surface area contributed by atoms with Crippen LogP contribution in [0.15, 0.2) is 61.1 Å². The normalized spacial score (nSPS) is 13.3. The summed E-state index contributed by atoms with van der Waals surface area (Å²) < 4.78 is 16.2. The van der Waals surface area contributed by atoms with Crippen molar-refractivity contribution in [2.24, 2.45) is 0 Å². The zero-order valence-electron chi connectivity index (χ0n) is 20.0. The Morgan fingerprint density at radius 3 is 2.53 bits per heavy atom. The van der Waals surface area contributed by atoms with Crippen LogP contribution in [0, 0.1) is 0 Å². The number of nitrogens with one attached hydrogen (secondary N) is 2. The first-order chi connectivity index (χ1) is 17.6. The Bertz CT molecular complexity index is 1390. The van der Waals surface area contributed by atoms with Crippen LogP contribution < -0.4 is 25.0 Å². The molecule has 1 fully saturated rings. The summed E-state index contributed by atoms with van der Waals surface area (Å²) in [7, 11) is 3.17. The van der Waals surface area contributed by atoms with Crippen LogP contribution in [-0.2, 0) is 4.74 Å². The highest BCUT2D eigenvalue weighted by Gasteiger charge is 2.15. The third-order valence-corrected chi connectivity index (χ3v) is 5.87. The van der Waals surface area contributed by atoms with Gasteiger partial charge in [-0.25, -0.2) is 15.0 Å². The van der Waals surface area contributed by atoms with Crippen LogP contribution in [-0.4, -0.2) is 61.4 Å². The summed E-state index contributed by atoms with van der Waals surface area (Å²) in [6, 6.07) is 14.6. The predicted octanol–water partition coefficient (Wildman–Crippen LogP) is 3.87. The number of nitrogens with zero attached hydrogens (tertiary/aromatic N) is 4. The van der Waals surface area contributed by atoms with Crippen LogP contribution in [0.1, 0.15) is 10.4 Å². The van der Waals surface area contributed by atoms with Gasteiger partial charge >= 0.3 is 0 Å². The van der Waals surface area contributed by atoms with Gasteiger partial charge in [0.25, 0.3) is 5.91 Å². The van der Waals surface area contributed by atoms with E-state index in [1.807, 2.05) is 30.3 Å². The fourth-order valence-corrected chi connectivity index (χ4v) is 4.02. The molecule has 0 radical (unpaired) electrons. The van der Waals surface area contributed by atoms with Gasteiger partial charge in [-0.05, 0) is 36.4 Å². The Labute approximate surface area is 208 Å². The molecule has 0 aliphatic carbocycles. The number of ether oxygens (including phenoxy) is 3. The Hall–Kier alpha value is -4.44. The Balaban J connectivity index is 1.34. The molecule has 1 saturated heterocycles. The molecule has 1 amide bonds. The molecule has 1 aliphatic heterocycles. The molecule has 1 aliphatic rings. The molecular formula is C26H26N6O4. The number of hydrogen-bond donors (Lipinski definition) is 2. The average Bonchev–Trinajstić information content (AvgIpc) is 2.93. The zero-order valence-corrected chi connectivity index (χ0v) is 20.0. The highest BCUT2D eigenvalue weighted by Crippen LogP contribution is 2.34. The van der Waals surface area contributed by atoms with Crippen molar-refractivity contribution in [3.8, 4) is 11.5 Å². The minimum atomic E-state index is -0.214. The summed E-state index contributed by atoms with van der Waals surface area (Å²) in [6.07, 6.45) is 3.14. The van der Waals surface area contributed by atoms with Crippen molar-refractivity contribution < 1.29 is 19.0 Å². The molecule has 0 spiro atoms. The van der Waals surface area contributed by atoms with E-state index in [4.69, 9.17) is 14.2 Å². The maximum atomic E-state index is 13.0. The number of aromatic nitrogens is 3. The van der Waals surface area contributed by atoms with Gasteiger partial charge in [-0.3, -0.25) is 4.79 Å². The van der Waals surface area contributed by atoms with E-state index in [9.17, 15) is 4.79 Å². The molecule has 36 heavy (non-hydrogen) atoms. The van der Waals surface area contributed by atoms with Gasteiger partial charge in [-0.1, -0.05) is 6.07 Å². The minimum absolute atomic E-state index is 0.214. The second-order valence-corrected chi connectivity index (χ2v) is 8.11. The lowest BCUT2D eigenvalue weighted by molar-refractivity contribution is 0.102. The molecule has 0 unspecified atom stereocenters. The van der Waals surface area contributed by atoms with Crippen molar-refractivity contribution in [1.82, 2.24) is 15.0 Å². The highest BCUT2D eigenvalue weighted by molar-refractivity contribution is 6.05. The van der Waals surface area contributed by atoms with E-state index in [0.717, 1.165) is 30.0 Å². The van der Waals surface area contributed by atoms with Crippen molar-refractivity contribution in [1.29, 1.82) is 0 Å². The van der Waals surface area contributed by atoms with Crippen LogP contribution in [0.2, 0.25) is 0 Å². The first-order valence-electron chi connectivity index (χ1n) is 11.5. The molecule has 4 aromatic rings. The third-order valence-electron chi connectivity index (χ3n) is 5.87. The average molecular weight is 487 g/mol. The molecule has 0 saturated carbocycles. The van der Waals surface area contributed by atoms with E-state index >= 15 is 0 Å². The summed E-state index contributed by atoms with van der Waals surface area (Å²) in [5, 5.41) is 7.05. The monoisotopic (exact) mass is 486 g/mol. The molecule has 10 nitrogen and oxygen atoms in total. The number of morpholine rings is 1. The largest absolute Gasteiger partial charge is 0.493 e. The molecule has 10 heteroatoms. The maximum Gasteiger partial charge on any atom is 0.255 e. The second kappa shape index (κ2) is 10.4. The zero-order chi connectivity index (χ0) is 24.9. The topological polar surface area (TPSA) is 111 Å². The number of methoxy groups -OCH3 is 2. The molecule has 3 heterocycles. The van der Waals surface area contributed by atoms with Gasteiger partial charge in [-0.15, -0.1) is 0 Å². The first kappa shape index (κ1) is 23.3. The first-order valence-corrected chi connectivity index (χ1v) is 11.5. The van der Waals surface area contributed by atoms with E-state index in [1.54, 1.807) is 38.6 Å². The van der Waals surface area contributed by atoms with Crippen molar-refractivity contribution >= 4 is 39.8 Å². The molecule has 184 valence electrons. The Kier molecular flexibility index (Phi) is 6.76. The van der Waals surface area contributed by atoms with E-state index in [2.05, 4.69) is 30.5 Å². The molecule has 2 N–H and O–H groups in total. The number of carbonyl (C=O) groups is 1. The van der Waals surface area contributed by atoms with Crippen LogP contribution in [0.5, 0.6) is 11.5 Å². The second-order valence-electron chi connectivity index (χ2n) is 8.11. The summed E-state index contributed by atoms with van der Waals surface area (Å²) >= 11 is 0. The molecule has 0 bridgehead atoms. The van der Waals surface area contributed by atoms with E-state index in [0.29, 0.717) is 47.3 Å². The van der Waals surface area contributed by atoms with Gasteiger partial charge in [0.05, 0.1) is 33.0 Å². The molecule has 2 aromatic heterocycles. The fourth-order valence-electron chi connectivity index (χ4n) is 4.02. The standard InChI is InChI=1S/C26H26N6O4/c1-34-22-14-20-21(15-23(22)35-2)28-16-29-25(20)30-18-4-3-5-19(13-18)31-26(33)17-6-7-27-24(12-17)32-8-10-36-11-9-32/h3-7,12-16H,8-11H2,1-2H3,(H,31,33)(H,28,29,30). The Morgan fingerprint density at radius 1 is 0.944 bits per heavy atom. The number of hydrogen-bond acceptors (Lipinski definition) is 9. The predicted molar refractivity (Wildman–Crippen MR) is 138 cm³/mol. The van der Waals surface area contributed by atoms with Gasteiger partial charge in [0, 0.05) is 47.7 Å². The van der Waals surface area contributed by atoms with Gasteiger partial charge < -0.3 is 29.7 Å². The van der Waals surface area contributed by atoms with Crippen LogP contribution in [0.4, 0.5) is 23.0 Å². The van der Waals surface area contributed by atoms with Gasteiger partial charge in [0.1, 0.15) is 18.0 Å². The summed E-state index contributed by atoms with van der Waals surface area (Å²) in [5.74, 6) is 2.33.